The molecule has 120 valence electrons. The third-order valence-corrected chi connectivity index (χ3v) is 4.56. The Kier molecular flexibility index (Phi) is 5.26. The summed E-state index contributed by atoms with van der Waals surface area (Å²) in [5, 5.41) is 14.8. The van der Waals surface area contributed by atoms with E-state index < -0.39 is 4.92 Å². The molecule has 0 saturated carbocycles. The number of halogens is 2. The van der Waals surface area contributed by atoms with E-state index in [9.17, 15) is 14.9 Å². The molecule has 1 aromatic rings. The van der Waals surface area contributed by atoms with Crippen LogP contribution in [-0.2, 0) is 0 Å². The zero-order chi connectivity index (χ0) is 15.0. The molecule has 2 fully saturated rings. The van der Waals surface area contributed by atoms with Gasteiger partial charge in [-0.2, -0.15) is 0 Å². The number of rotatable bonds is 2. The lowest BCUT2D eigenvalue weighted by Gasteiger charge is -2.34. The number of benzene rings is 1. The number of nitro benzene ring substituents is 1. The minimum atomic E-state index is -0.534. The summed E-state index contributed by atoms with van der Waals surface area (Å²) in [7, 11) is 0. The van der Waals surface area contributed by atoms with Crippen molar-refractivity contribution >= 4 is 35.6 Å². The van der Waals surface area contributed by atoms with Gasteiger partial charge in [0.25, 0.3) is 11.6 Å². The van der Waals surface area contributed by atoms with E-state index in [0.29, 0.717) is 30.1 Å². The summed E-state index contributed by atoms with van der Waals surface area (Å²) in [4.78, 5) is 24.9. The van der Waals surface area contributed by atoms with Gasteiger partial charge in [-0.3, -0.25) is 14.9 Å². The van der Waals surface area contributed by atoms with E-state index in [2.05, 4.69) is 5.32 Å². The van der Waals surface area contributed by atoms with Gasteiger partial charge in [-0.15, -0.1) is 12.4 Å². The number of carbonyl (C=O) groups is 1. The van der Waals surface area contributed by atoms with Crippen LogP contribution < -0.4 is 5.32 Å². The van der Waals surface area contributed by atoms with Gasteiger partial charge in [-0.05, 0) is 37.4 Å². The van der Waals surface area contributed by atoms with Gasteiger partial charge in [0.1, 0.15) is 5.56 Å². The fourth-order valence-electron chi connectivity index (χ4n) is 3.24. The monoisotopic (exact) mass is 345 g/mol. The maximum absolute atomic E-state index is 12.6. The quantitative estimate of drug-likeness (QED) is 0.659. The summed E-state index contributed by atoms with van der Waals surface area (Å²) in [6.45, 7) is 2.26. The lowest BCUT2D eigenvalue weighted by atomic mass is 9.93. The Morgan fingerprint density at radius 2 is 2.18 bits per heavy atom. The Hall–Kier alpha value is -1.37. The molecule has 2 aliphatic heterocycles. The molecule has 1 N–H and O–H groups in total. The number of hydrogen-bond donors (Lipinski definition) is 1. The standard InChI is InChI=1S/C14H16ClN3O3.ClH/c15-10-1-2-13(18(20)21)11(7-10)14(19)17-6-4-12-9(8-17)3-5-16-12;/h1-2,7,9,12,16H,3-6,8H2;1H. The summed E-state index contributed by atoms with van der Waals surface area (Å²) >= 11 is 5.89. The van der Waals surface area contributed by atoms with Gasteiger partial charge in [-0.25, -0.2) is 0 Å². The SMILES string of the molecule is Cl.O=C(c1cc(Cl)ccc1[N+](=O)[O-])N1CCC2NCCC2C1. The van der Waals surface area contributed by atoms with Gasteiger partial charge in [0, 0.05) is 30.2 Å². The number of likely N-dealkylation sites (tertiary alicyclic amines) is 1. The number of hydrogen-bond acceptors (Lipinski definition) is 4. The predicted molar refractivity (Wildman–Crippen MR) is 85.8 cm³/mol. The molecule has 0 radical (unpaired) electrons. The van der Waals surface area contributed by atoms with Crippen LogP contribution in [0.4, 0.5) is 5.69 Å². The number of nitro groups is 1. The van der Waals surface area contributed by atoms with Crippen LogP contribution in [-0.4, -0.2) is 41.4 Å². The summed E-state index contributed by atoms with van der Waals surface area (Å²) in [5.74, 6) is 0.149. The molecule has 2 atom stereocenters. The van der Waals surface area contributed by atoms with Crippen LogP contribution in [0.1, 0.15) is 23.2 Å². The minimum Gasteiger partial charge on any atom is -0.338 e. The molecule has 1 amide bonds. The van der Waals surface area contributed by atoms with Gasteiger partial charge in [0.05, 0.1) is 4.92 Å². The van der Waals surface area contributed by atoms with Crippen molar-refractivity contribution in [3.8, 4) is 0 Å². The maximum atomic E-state index is 12.6. The Balaban J connectivity index is 0.00000176. The molecular weight excluding hydrogens is 329 g/mol. The van der Waals surface area contributed by atoms with Gasteiger partial charge in [-0.1, -0.05) is 11.6 Å². The normalized spacial score (nSPS) is 23.6. The smallest absolute Gasteiger partial charge is 0.282 e. The van der Waals surface area contributed by atoms with Crippen molar-refractivity contribution in [2.45, 2.75) is 18.9 Å². The van der Waals surface area contributed by atoms with Crippen LogP contribution in [0.2, 0.25) is 5.02 Å². The molecule has 3 rings (SSSR count). The fourth-order valence-corrected chi connectivity index (χ4v) is 3.41. The van der Waals surface area contributed by atoms with Crippen molar-refractivity contribution in [1.82, 2.24) is 10.2 Å². The average Bonchev–Trinajstić information content (AvgIpc) is 2.93. The van der Waals surface area contributed by atoms with E-state index in [0.717, 1.165) is 19.4 Å². The number of amides is 1. The average molecular weight is 346 g/mol. The van der Waals surface area contributed by atoms with Gasteiger partial charge in [0.2, 0.25) is 0 Å². The minimum absolute atomic E-state index is 0. The predicted octanol–water partition coefficient (Wildman–Crippen LogP) is 2.49. The largest absolute Gasteiger partial charge is 0.338 e. The van der Waals surface area contributed by atoms with Crippen molar-refractivity contribution in [3.05, 3.63) is 38.9 Å². The molecule has 2 heterocycles. The van der Waals surface area contributed by atoms with Gasteiger partial charge >= 0.3 is 0 Å². The summed E-state index contributed by atoms with van der Waals surface area (Å²) in [6.07, 6.45) is 1.94. The molecule has 22 heavy (non-hydrogen) atoms. The topological polar surface area (TPSA) is 75.5 Å². The molecule has 2 unspecified atom stereocenters. The summed E-state index contributed by atoms with van der Waals surface area (Å²) < 4.78 is 0. The maximum Gasteiger partial charge on any atom is 0.282 e. The van der Waals surface area contributed by atoms with Crippen LogP contribution >= 0.6 is 24.0 Å². The molecule has 6 nitrogen and oxygen atoms in total. The van der Waals surface area contributed by atoms with Crippen molar-refractivity contribution in [1.29, 1.82) is 0 Å². The Morgan fingerprint density at radius 1 is 1.41 bits per heavy atom. The van der Waals surface area contributed by atoms with Crippen LogP contribution in [0.5, 0.6) is 0 Å². The van der Waals surface area contributed by atoms with Crippen LogP contribution in [0.15, 0.2) is 18.2 Å². The van der Waals surface area contributed by atoms with E-state index in [1.165, 1.54) is 18.2 Å². The van der Waals surface area contributed by atoms with Crippen LogP contribution in [0, 0.1) is 16.0 Å². The van der Waals surface area contributed by atoms with Gasteiger partial charge < -0.3 is 10.2 Å². The summed E-state index contributed by atoms with van der Waals surface area (Å²) in [5.41, 5.74) is -0.104. The fraction of sp³-hybridized carbons (Fsp3) is 0.500. The molecule has 2 saturated heterocycles. The Bertz CT molecular complexity index is 597. The highest BCUT2D eigenvalue weighted by Gasteiger charge is 2.36. The number of fused-ring (bicyclic) bond motifs is 1. The van der Waals surface area contributed by atoms with Crippen molar-refractivity contribution in [2.24, 2.45) is 5.92 Å². The van der Waals surface area contributed by atoms with Crippen molar-refractivity contribution in [3.63, 3.8) is 0 Å². The first-order valence-corrected chi connectivity index (χ1v) is 7.40. The Morgan fingerprint density at radius 3 is 2.91 bits per heavy atom. The van der Waals surface area contributed by atoms with Gasteiger partial charge in [0.15, 0.2) is 0 Å². The highest BCUT2D eigenvalue weighted by Crippen LogP contribution is 2.29. The van der Waals surface area contributed by atoms with Crippen molar-refractivity contribution < 1.29 is 9.72 Å². The van der Waals surface area contributed by atoms with E-state index in [1.807, 2.05) is 0 Å². The number of carbonyl (C=O) groups excluding carboxylic acids is 1. The molecule has 0 aromatic heterocycles. The molecule has 1 aromatic carbocycles. The summed E-state index contributed by atoms with van der Waals surface area (Å²) in [6, 6.07) is 4.59. The van der Waals surface area contributed by atoms with Crippen molar-refractivity contribution in [2.75, 3.05) is 19.6 Å². The second-order valence-corrected chi connectivity index (χ2v) is 6.00. The highest BCUT2D eigenvalue weighted by atomic mass is 35.5. The zero-order valence-electron chi connectivity index (χ0n) is 11.8. The van der Waals surface area contributed by atoms with E-state index >= 15 is 0 Å². The molecule has 2 aliphatic rings. The molecule has 0 spiro atoms. The van der Waals surface area contributed by atoms with E-state index in [1.54, 1.807) is 4.90 Å². The zero-order valence-corrected chi connectivity index (χ0v) is 13.4. The number of piperidine rings is 1. The molecule has 0 aliphatic carbocycles. The van der Waals surface area contributed by atoms with Crippen LogP contribution in [0.25, 0.3) is 0 Å². The lowest BCUT2D eigenvalue weighted by Crippen LogP contribution is -2.47. The first-order chi connectivity index (χ1) is 10.1. The molecule has 0 bridgehead atoms. The number of nitrogens with zero attached hydrogens (tertiary/aromatic N) is 2. The third kappa shape index (κ3) is 3.19. The second-order valence-electron chi connectivity index (χ2n) is 5.57. The lowest BCUT2D eigenvalue weighted by molar-refractivity contribution is -0.385. The first-order valence-electron chi connectivity index (χ1n) is 7.03. The van der Waals surface area contributed by atoms with E-state index in [-0.39, 0.29) is 29.6 Å². The second kappa shape index (κ2) is 6.81. The molecule has 8 heteroatoms. The van der Waals surface area contributed by atoms with E-state index in [4.69, 9.17) is 11.6 Å². The Labute approximate surface area is 139 Å². The number of nitrogens with one attached hydrogen (secondary N) is 1. The van der Waals surface area contributed by atoms with Crippen LogP contribution in [0.3, 0.4) is 0 Å². The highest BCUT2D eigenvalue weighted by molar-refractivity contribution is 6.31. The first kappa shape index (κ1) is 17.0. The molecular formula is C14H17Cl2N3O3. The third-order valence-electron chi connectivity index (χ3n) is 4.33.